The number of ether oxygens (including phenoxy) is 1. The number of esters is 1. The maximum atomic E-state index is 10.9. The Labute approximate surface area is 139 Å². The summed E-state index contributed by atoms with van der Waals surface area (Å²) < 4.78 is 4.59. The van der Waals surface area contributed by atoms with Gasteiger partial charge in [0.2, 0.25) is 0 Å². The van der Waals surface area contributed by atoms with Crippen molar-refractivity contribution < 1.29 is 9.53 Å². The zero-order chi connectivity index (χ0) is 13.9. The predicted octanol–water partition coefficient (Wildman–Crippen LogP) is 2.43. The molecule has 0 saturated heterocycles. The molecular formula is C14H28IN3O2. The van der Waals surface area contributed by atoms with Gasteiger partial charge in [-0.15, -0.1) is 24.0 Å². The van der Waals surface area contributed by atoms with Crippen LogP contribution in [-0.2, 0) is 9.53 Å². The standard InChI is InChI=1S/C14H27N3O2.HI/c1-19-13(18)9-4-2-3-5-10-16-14(15)17-11-12-7-6-8-12;/h12H,2-11H2,1H3,(H3,15,16,17);1H. The van der Waals surface area contributed by atoms with Crippen LogP contribution in [0.15, 0.2) is 4.99 Å². The minimum Gasteiger partial charge on any atom is -0.469 e. The van der Waals surface area contributed by atoms with Crippen molar-refractivity contribution in [3.05, 3.63) is 0 Å². The number of nitrogens with one attached hydrogen (secondary N) is 1. The second-order valence-electron chi connectivity index (χ2n) is 5.19. The molecule has 0 atom stereocenters. The summed E-state index contributed by atoms with van der Waals surface area (Å²) >= 11 is 0. The number of carbonyl (C=O) groups is 1. The molecule has 0 spiro atoms. The molecule has 0 unspecified atom stereocenters. The molecule has 1 aliphatic carbocycles. The number of nitrogens with zero attached hydrogens (tertiary/aromatic N) is 1. The fraction of sp³-hybridized carbons (Fsp3) is 0.857. The molecule has 0 aromatic heterocycles. The van der Waals surface area contributed by atoms with Crippen LogP contribution in [0.5, 0.6) is 0 Å². The molecule has 6 heteroatoms. The molecule has 5 nitrogen and oxygen atoms in total. The summed E-state index contributed by atoms with van der Waals surface area (Å²) in [6.07, 6.45) is 8.58. The average molecular weight is 397 g/mol. The number of unbranched alkanes of at least 4 members (excludes halogenated alkanes) is 3. The van der Waals surface area contributed by atoms with Gasteiger partial charge in [0.25, 0.3) is 0 Å². The SMILES string of the molecule is COC(=O)CCCCCCNC(N)=NCC1CCC1.I. The van der Waals surface area contributed by atoms with Crippen LogP contribution < -0.4 is 11.1 Å². The number of carbonyl (C=O) groups excluding carboxylic acids is 1. The topological polar surface area (TPSA) is 76.7 Å². The largest absolute Gasteiger partial charge is 0.469 e. The fourth-order valence-electron chi connectivity index (χ4n) is 2.03. The predicted molar refractivity (Wildman–Crippen MR) is 92.3 cm³/mol. The summed E-state index contributed by atoms with van der Waals surface area (Å²) in [7, 11) is 1.43. The van der Waals surface area contributed by atoms with E-state index in [9.17, 15) is 4.79 Å². The number of nitrogens with two attached hydrogens (primary N) is 1. The normalized spacial score (nSPS) is 15.2. The number of halogens is 1. The van der Waals surface area contributed by atoms with Gasteiger partial charge in [0, 0.05) is 19.5 Å². The number of hydrogen-bond acceptors (Lipinski definition) is 3. The van der Waals surface area contributed by atoms with Gasteiger partial charge in [-0.2, -0.15) is 0 Å². The van der Waals surface area contributed by atoms with Crippen molar-refractivity contribution in [2.45, 2.75) is 51.4 Å². The molecular weight excluding hydrogens is 369 g/mol. The van der Waals surface area contributed by atoms with E-state index in [1.807, 2.05) is 0 Å². The first-order valence-electron chi connectivity index (χ1n) is 7.33. The van der Waals surface area contributed by atoms with Crippen LogP contribution in [0.1, 0.15) is 51.4 Å². The molecule has 0 amide bonds. The summed E-state index contributed by atoms with van der Waals surface area (Å²) in [5, 5.41) is 3.13. The first-order chi connectivity index (χ1) is 9.22. The summed E-state index contributed by atoms with van der Waals surface area (Å²) in [5.74, 6) is 1.21. The van der Waals surface area contributed by atoms with Gasteiger partial charge in [0.1, 0.15) is 0 Å². The highest BCUT2D eigenvalue weighted by Crippen LogP contribution is 2.26. The summed E-state index contributed by atoms with van der Waals surface area (Å²) in [5.41, 5.74) is 5.78. The number of guanidine groups is 1. The molecule has 20 heavy (non-hydrogen) atoms. The lowest BCUT2D eigenvalue weighted by molar-refractivity contribution is -0.140. The Kier molecular flexibility index (Phi) is 11.9. The molecule has 1 fully saturated rings. The van der Waals surface area contributed by atoms with Crippen LogP contribution >= 0.6 is 24.0 Å². The maximum absolute atomic E-state index is 10.9. The molecule has 1 saturated carbocycles. The van der Waals surface area contributed by atoms with Gasteiger partial charge in [-0.05, 0) is 31.6 Å². The maximum Gasteiger partial charge on any atom is 0.305 e. The smallest absolute Gasteiger partial charge is 0.305 e. The lowest BCUT2D eigenvalue weighted by Gasteiger charge is -2.23. The quantitative estimate of drug-likeness (QED) is 0.206. The number of rotatable bonds is 9. The van der Waals surface area contributed by atoms with Crippen LogP contribution in [0.2, 0.25) is 0 Å². The third-order valence-corrected chi connectivity index (χ3v) is 3.59. The van der Waals surface area contributed by atoms with Crippen molar-refractivity contribution in [1.29, 1.82) is 0 Å². The van der Waals surface area contributed by atoms with E-state index in [0.717, 1.165) is 44.7 Å². The molecule has 0 heterocycles. The average Bonchev–Trinajstić information content (AvgIpc) is 2.35. The summed E-state index contributed by atoms with van der Waals surface area (Å²) in [6.45, 7) is 1.73. The Morgan fingerprint density at radius 1 is 1.30 bits per heavy atom. The van der Waals surface area contributed by atoms with Crippen molar-refractivity contribution in [3.63, 3.8) is 0 Å². The van der Waals surface area contributed by atoms with Crippen molar-refractivity contribution >= 4 is 35.9 Å². The van der Waals surface area contributed by atoms with Gasteiger partial charge in [-0.25, -0.2) is 0 Å². The van der Waals surface area contributed by atoms with Crippen molar-refractivity contribution in [2.24, 2.45) is 16.6 Å². The lowest BCUT2D eigenvalue weighted by Crippen LogP contribution is -2.33. The van der Waals surface area contributed by atoms with E-state index in [0.29, 0.717) is 12.4 Å². The van der Waals surface area contributed by atoms with E-state index >= 15 is 0 Å². The van der Waals surface area contributed by atoms with E-state index in [1.54, 1.807) is 0 Å². The Morgan fingerprint density at radius 2 is 2.00 bits per heavy atom. The summed E-state index contributed by atoms with van der Waals surface area (Å²) in [6, 6.07) is 0. The van der Waals surface area contributed by atoms with Crippen molar-refractivity contribution in [2.75, 3.05) is 20.2 Å². The molecule has 0 aromatic rings. The van der Waals surface area contributed by atoms with Crippen LogP contribution in [0.25, 0.3) is 0 Å². The van der Waals surface area contributed by atoms with Crippen LogP contribution in [0, 0.1) is 5.92 Å². The number of methoxy groups -OCH3 is 1. The van der Waals surface area contributed by atoms with Crippen LogP contribution in [0.3, 0.4) is 0 Å². The minimum atomic E-state index is -0.120. The molecule has 118 valence electrons. The first-order valence-corrected chi connectivity index (χ1v) is 7.33. The van der Waals surface area contributed by atoms with E-state index in [2.05, 4.69) is 15.0 Å². The Morgan fingerprint density at radius 3 is 2.60 bits per heavy atom. The number of aliphatic imine (C=N–C) groups is 1. The second-order valence-corrected chi connectivity index (χ2v) is 5.19. The van der Waals surface area contributed by atoms with Crippen LogP contribution in [0.4, 0.5) is 0 Å². The fourth-order valence-corrected chi connectivity index (χ4v) is 2.03. The van der Waals surface area contributed by atoms with Gasteiger partial charge in [-0.1, -0.05) is 19.3 Å². The first kappa shape index (κ1) is 19.5. The van der Waals surface area contributed by atoms with Gasteiger partial charge in [0.15, 0.2) is 5.96 Å². The van der Waals surface area contributed by atoms with E-state index < -0.39 is 0 Å². The number of hydrogen-bond donors (Lipinski definition) is 2. The summed E-state index contributed by atoms with van der Waals surface area (Å²) in [4.78, 5) is 15.2. The van der Waals surface area contributed by atoms with E-state index in [-0.39, 0.29) is 29.9 Å². The molecule has 0 aromatic carbocycles. The Balaban J connectivity index is 0.00000361. The van der Waals surface area contributed by atoms with Crippen molar-refractivity contribution in [3.8, 4) is 0 Å². The van der Waals surface area contributed by atoms with Crippen molar-refractivity contribution in [1.82, 2.24) is 5.32 Å². The third-order valence-electron chi connectivity index (χ3n) is 3.59. The second kappa shape index (κ2) is 12.2. The van der Waals surface area contributed by atoms with Gasteiger partial charge < -0.3 is 15.8 Å². The molecule has 1 aliphatic rings. The monoisotopic (exact) mass is 397 g/mol. The van der Waals surface area contributed by atoms with Gasteiger partial charge in [0.05, 0.1) is 7.11 Å². The van der Waals surface area contributed by atoms with Gasteiger partial charge in [-0.3, -0.25) is 9.79 Å². The Bertz CT molecular complexity index is 294. The zero-order valence-electron chi connectivity index (χ0n) is 12.4. The lowest BCUT2D eigenvalue weighted by atomic mass is 9.86. The molecule has 0 aliphatic heterocycles. The molecule has 3 N–H and O–H groups in total. The molecule has 1 rings (SSSR count). The minimum absolute atomic E-state index is 0. The highest BCUT2D eigenvalue weighted by atomic mass is 127. The van der Waals surface area contributed by atoms with E-state index in [1.165, 1.54) is 26.4 Å². The highest BCUT2D eigenvalue weighted by Gasteiger charge is 2.16. The molecule has 0 bridgehead atoms. The molecule has 0 radical (unpaired) electrons. The van der Waals surface area contributed by atoms with Crippen LogP contribution in [-0.4, -0.2) is 32.1 Å². The highest BCUT2D eigenvalue weighted by molar-refractivity contribution is 14.0. The van der Waals surface area contributed by atoms with Gasteiger partial charge >= 0.3 is 5.97 Å². The third kappa shape index (κ3) is 9.39. The Hall–Kier alpha value is -0.530. The zero-order valence-corrected chi connectivity index (χ0v) is 14.7. The van der Waals surface area contributed by atoms with E-state index in [4.69, 9.17) is 5.73 Å².